The minimum Gasteiger partial charge on any atom is -0.478 e. The van der Waals surface area contributed by atoms with Crippen molar-refractivity contribution in [3.63, 3.8) is 0 Å². The average Bonchev–Trinajstić information content (AvgIpc) is 2.81. The van der Waals surface area contributed by atoms with Crippen LogP contribution in [0.5, 0.6) is 0 Å². The number of fused-ring (bicyclic) bond motifs is 1. The van der Waals surface area contributed by atoms with E-state index in [4.69, 9.17) is 9.84 Å². The molecule has 1 aromatic heterocycles. The Labute approximate surface area is 119 Å². The van der Waals surface area contributed by atoms with E-state index in [9.17, 15) is 4.79 Å². The van der Waals surface area contributed by atoms with Gasteiger partial charge in [0.25, 0.3) is 0 Å². The summed E-state index contributed by atoms with van der Waals surface area (Å²) in [6.07, 6.45) is 2.98. The Bertz CT molecular complexity index is 586. The van der Waals surface area contributed by atoms with Gasteiger partial charge in [0.15, 0.2) is 0 Å². The van der Waals surface area contributed by atoms with Crippen molar-refractivity contribution in [1.29, 1.82) is 0 Å². The van der Waals surface area contributed by atoms with E-state index < -0.39 is 5.97 Å². The number of aromatic carboxylic acids is 1. The molecular weight excluding hydrogens is 254 g/mol. The highest BCUT2D eigenvalue weighted by molar-refractivity contribution is 6.02. The highest BCUT2D eigenvalue weighted by atomic mass is 16.5. The zero-order valence-corrected chi connectivity index (χ0v) is 12.0. The third-order valence-electron chi connectivity index (χ3n) is 3.36. The maximum absolute atomic E-state index is 11.2. The number of nitrogens with zero attached hydrogens (tertiary/aromatic N) is 1. The molecule has 0 aliphatic heterocycles. The molecule has 1 N–H and O–H groups in total. The lowest BCUT2D eigenvalue weighted by Crippen LogP contribution is -2.07. The SMILES string of the molecule is CC(C)CCOCCn1ccc2c(C(=O)O)cccc21. The van der Waals surface area contributed by atoms with Crippen molar-refractivity contribution in [1.82, 2.24) is 4.57 Å². The molecule has 4 nitrogen and oxygen atoms in total. The molecule has 0 radical (unpaired) electrons. The summed E-state index contributed by atoms with van der Waals surface area (Å²) in [5.74, 6) is -0.234. The first kappa shape index (κ1) is 14.6. The average molecular weight is 275 g/mol. The summed E-state index contributed by atoms with van der Waals surface area (Å²) in [4.78, 5) is 11.2. The number of hydrogen-bond acceptors (Lipinski definition) is 2. The van der Waals surface area contributed by atoms with Crippen LogP contribution in [0.3, 0.4) is 0 Å². The molecule has 2 rings (SSSR count). The summed E-state index contributed by atoms with van der Waals surface area (Å²) < 4.78 is 7.65. The maximum Gasteiger partial charge on any atom is 0.336 e. The summed E-state index contributed by atoms with van der Waals surface area (Å²) in [5.41, 5.74) is 1.29. The van der Waals surface area contributed by atoms with Crippen molar-refractivity contribution in [3.8, 4) is 0 Å². The van der Waals surface area contributed by atoms with Gasteiger partial charge in [0.05, 0.1) is 12.2 Å². The van der Waals surface area contributed by atoms with Gasteiger partial charge in [0.1, 0.15) is 0 Å². The van der Waals surface area contributed by atoms with Crippen LogP contribution in [-0.2, 0) is 11.3 Å². The fraction of sp³-hybridized carbons (Fsp3) is 0.438. The Morgan fingerprint density at radius 1 is 1.30 bits per heavy atom. The standard InChI is InChI=1S/C16H21NO3/c1-12(2)7-10-20-11-9-17-8-6-13-14(16(18)19)4-3-5-15(13)17/h3-6,8,12H,7,9-11H2,1-2H3,(H,18,19). The van der Waals surface area contributed by atoms with Crippen LogP contribution < -0.4 is 0 Å². The van der Waals surface area contributed by atoms with Crippen LogP contribution >= 0.6 is 0 Å². The Morgan fingerprint density at radius 2 is 2.10 bits per heavy atom. The maximum atomic E-state index is 11.2. The molecule has 20 heavy (non-hydrogen) atoms. The molecular formula is C16H21NO3. The van der Waals surface area contributed by atoms with E-state index >= 15 is 0 Å². The zero-order valence-electron chi connectivity index (χ0n) is 12.0. The molecule has 0 fully saturated rings. The highest BCUT2D eigenvalue weighted by Crippen LogP contribution is 2.20. The van der Waals surface area contributed by atoms with Crippen molar-refractivity contribution in [3.05, 3.63) is 36.0 Å². The summed E-state index contributed by atoms with van der Waals surface area (Å²) in [7, 11) is 0. The van der Waals surface area contributed by atoms with Gasteiger partial charge in [-0.2, -0.15) is 0 Å². The number of hydrogen-bond donors (Lipinski definition) is 1. The van der Waals surface area contributed by atoms with Crippen LogP contribution in [0.25, 0.3) is 10.9 Å². The molecule has 2 aromatic rings. The molecule has 1 heterocycles. The van der Waals surface area contributed by atoms with E-state index in [0.717, 1.165) is 30.5 Å². The molecule has 1 aromatic carbocycles. The van der Waals surface area contributed by atoms with Crippen LogP contribution in [0.4, 0.5) is 0 Å². The lowest BCUT2D eigenvalue weighted by atomic mass is 10.1. The van der Waals surface area contributed by atoms with Gasteiger partial charge in [-0.3, -0.25) is 0 Å². The first-order valence-corrected chi connectivity index (χ1v) is 6.98. The quantitative estimate of drug-likeness (QED) is 0.788. The van der Waals surface area contributed by atoms with Crippen LogP contribution in [-0.4, -0.2) is 28.9 Å². The van der Waals surface area contributed by atoms with Crippen molar-refractivity contribution in [2.24, 2.45) is 5.92 Å². The molecule has 0 aliphatic rings. The Morgan fingerprint density at radius 3 is 2.80 bits per heavy atom. The van der Waals surface area contributed by atoms with Gasteiger partial charge in [-0.15, -0.1) is 0 Å². The van der Waals surface area contributed by atoms with Gasteiger partial charge < -0.3 is 14.4 Å². The van der Waals surface area contributed by atoms with E-state index in [1.807, 2.05) is 22.9 Å². The molecule has 0 spiro atoms. The van der Waals surface area contributed by atoms with Crippen LogP contribution in [0, 0.1) is 5.92 Å². The fourth-order valence-corrected chi connectivity index (χ4v) is 2.19. The Kier molecular flexibility index (Phi) is 4.79. The number of carbonyl (C=O) groups is 1. The number of rotatable bonds is 7. The number of carboxylic acid groups (broad SMARTS) is 1. The van der Waals surface area contributed by atoms with Crippen LogP contribution in [0.2, 0.25) is 0 Å². The molecule has 0 bridgehead atoms. The van der Waals surface area contributed by atoms with Gasteiger partial charge in [0, 0.05) is 30.3 Å². The topological polar surface area (TPSA) is 51.5 Å². The van der Waals surface area contributed by atoms with Crippen LogP contribution in [0.15, 0.2) is 30.5 Å². The van der Waals surface area contributed by atoms with Gasteiger partial charge >= 0.3 is 5.97 Å². The van der Waals surface area contributed by atoms with Gasteiger partial charge in [-0.05, 0) is 30.5 Å². The predicted octanol–water partition coefficient (Wildman–Crippen LogP) is 3.40. The third kappa shape index (κ3) is 3.39. The van der Waals surface area contributed by atoms with Crippen molar-refractivity contribution in [2.45, 2.75) is 26.8 Å². The lowest BCUT2D eigenvalue weighted by molar-refractivity contribution is 0.0699. The second-order valence-electron chi connectivity index (χ2n) is 5.35. The molecule has 108 valence electrons. The monoisotopic (exact) mass is 275 g/mol. The van der Waals surface area contributed by atoms with Gasteiger partial charge in [-0.1, -0.05) is 19.9 Å². The number of benzene rings is 1. The molecule has 0 unspecified atom stereocenters. The van der Waals surface area contributed by atoms with E-state index in [2.05, 4.69) is 13.8 Å². The second-order valence-corrected chi connectivity index (χ2v) is 5.35. The number of carboxylic acids is 1. The molecule has 0 saturated heterocycles. The summed E-state index contributed by atoms with van der Waals surface area (Å²) in [6.45, 7) is 6.52. The molecule has 0 atom stereocenters. The molecule has 0 amide bonds. The van der Waals surface area contributed by atoms with Crippen molar-refractivity contribution >= 4 is 16.9 Å². The highest BCUT2D eigenvalue weighted by Gasteiger charge is 2.10. The minimum absolute atomic E-state index is 0.349. The Balaban J connectivity index is 2.01. The van der Waals surface area contributed by atoms with Gasteiger partial charge in [0.2, 0.25) is 0 Å². The summed E-state index contributed by atoms with van der Waals surface area (Å²) in [5, 5.41) is 9.94. The number of ether oxygens (including phenoxy) is 1. The van der Waals surface area contributed by atoms with Gasteiger partial charge in [-0.25, -0.2) is 4.79 Å². The normalized spacial score (nSPS) is 11.3. The van der Waals surface area contributed by atoms with Crippen molar-refractivity contribution in [2.75, 3.05) is 13.2 Å². The first-order valence-electron chi connectivity index (χ1n) is 6.98. The molecule has 0 aliphatic carbocycles. The number of aromatic nitrogens is 1. The zero-order chi connectivity index (χ0) is 14.5. The van der Waals surface area contributed by atoms with E-state index in [0.29, 0.717) is 18.1 Å². The van der Waals surface area contributed by atoms with Crippen molar-refractivity contribution < 1.29 is 14.6 Å². The molecule has 4 heteroatoms. The van der Waals surface area contributed by atoms with E-state index in [1.54, 1.807) is 12.1 Å². The lowest BCUT2D eigenvalue weighted by Gasteiger charge is -2.08. The Hall–Kier alpha value is -1.81. The summed E-state index contributed by atoms with van der Waals surface area (Å²) >= 11 is 0. The van der Waals surface area contributed by atoms with Crippen LogP contribution in [0.1, 0.15) is 30.6 Å². The molecule has 0 saturated carbocycles. The first-order chi connectivity index (χ1) is 9.59. The van der Waals surface area contributed by atoms with E-state index in [1.165, 1.54) is 0 Å². The summed E-state index contributed by atoms with van der Waals surface area (Å²) in [6, 6.07) is 7.21. The fourth-order valence-electron chi connectivity index (χ4n) is 2.19. The smallest absolute Gasteiger partial charge is 0.336 e. The van der Waals surface area contributed by atoms with E-state index in [-0.39, 0.29) is 0 Å². The predicted molar refractivity (Wildman–Crippen MR) is 79.2 cm³/mol. The minimum atomic E-state index is -0.887. The second kappa shape index (κ2) is 6.57. The largest absolute Gasteiger partial charge is 0.478 e. The third-order valence-corrected chi connectivity index (χ3v) is 3.36.